The first-order valence-electron chi connectivity index (χ1n) is 5.97. The third-order valence-corrected chi connectivity index (χ3v) is 3.56. The van der Waals surface area contributed by atoms with Crippen LogP contribution in [0.3, 0.4) is 0 Å². The Morgan fingerprint density at radius 2 is 2.05 bits per heavy atom. The van der Waals surface area contributed by atoms with Crippen molar-refractivity contribution in [1.29, 1.82) is 0 Å². The Balaban J connectivity index is 1.95. The molecule has 5 heteroatoms. The number of nitrogens with zero attached hydrogens (tertiary/aromatic N) is 2. The van der Waals surface area contributed by atoms with Crippen LogP contribution in [0.5, 0.6) is 0 Å². The summed E-state index contributed by atoms with van der Waals surface area (Å²) in [6.07, 6.45) is 3.48. The van der Waals surface area contributed by atoms with E-state index >= 15 is 0 Å². The summed E-state index contributed by atoms with van der Waals surface area (Å²) in [7, 11) is 0. The zero-order valence-electron chi connectivity index (χ0n) is 10.1. The van der Waals surface area contributed by atoms with Gasteiger partial charge in [-0.3, -0.25) is 9.78 Å². The van der Waals surface area contributed by atoms with Crippen molar-refractivity contribution in [3.63, 3.8) is 0 Å². The Bertz CT molecular complexity index is 615. The maximum Gasteiger partial charge on any atom is 0.246 e. The van der Waals surface area contributed by atoms with Crippen LogP contribution in [0, 0.1) is 0 Å². The van der Waals surface area contributed by atoms with Gasteiger partial charge in [0.2, 0.25) is 5.91 Å². The fourth-order valence-electron chi connectivity index (χ4n) is 2.13. The minimum absolute atomic E-state index is 0.0756. The van der Waals surface area contributed by atoms with E-state index in [0.717, 1.165) is 21.4 Å². The van der Waals surface area contributed by atoms with Crippen molar-refractivity contribution in [2.45, 2.75) is 6.54 Å². The monoisotopic (exact) mass is 317 g/mol. The maximum absolute atomic E-state index is 12.1. The number of hydrogen-bond donors (Lipinski definition) is 1. The number of halogens is 1. The standard InChI is InChI=1S/C14H12BrN3O/c15-11-1-2-13-12(7-11)17-8-14(19)18(13)9-10-3-5-16-6-4-10/h1-7,17H,8-9H2. The first-order chi connectivity index (χ1) is 9.24. The molecular weight excluding hydrogens is 306 g/mol. The van der Waals surface area contributed by atoms with E-state index in [9.17, 15) is 4.79 Å². The number of anilines is 2. The van der Waals surface area contributed by atoms with Crippen LogP contribution in [0.2, 0.25) is 0 Å². The van der Waals surface area contributed by atoms with Crippen molar-refractivity contribution >= 4 is 33.2 Å². The predicted octanol–water partition coefficient (Wildman–Crippen LogP) is 2.80. The van der Waals surface area contributed by atoms with Crippen molar-refractivity contribution in [2.24, 2.45) is 0 Å². The number of benzene rings is 1. The van der Waals surface area contributed by atoms with Crippen molar-refractivity contribution in [1.82, 2.24) is 4.98 Å². The highest BCUT2D eigenvalue weighted by atomic mass is 79.9. The number of pyridine rings is 1. The summed E-state index contributed by atoms with van der Waals surface area (Å²) < 4.78 is 0.997. The molecule has 0 spiro atoms. The second-order valence-electron chi connectivity index (χ2n) is 4.35. The van der Waals surface area contributed by atoms with E-state index in [0.29, 0.717) is 13.1 Å². The fourth-order valence-corrected chi connectivity index (χ4v) is 2.49. The fraction of sp³-hybridized carbons (Fsp3) is 0.143. The number of carbonyl (C=O) groups is 1. The van der Waals surface area contributed by atoms with Gasteiger partial charge in [-0.05, 0) is 35.9 Å². The molecular formula is C14H12BrN3O. The van der Waals surface area contributed by atoms with E-state index in [1.807, 2.05) is 30.3 Å². The number of rotatable bonds is 2. The molecule has 0 bridgehead atoms. The Morgan fingerprint density at radius 3 is 2.84 bits per heavy atom. The summed E-state index contributed by atoms with van der Waals surface area (Å²) in [6.45, 7) is 0.895. The van der Waals surface area contributed by atoms with Crippen molar-refractivity contribution in [3.8, 4) is 0 Å². The molecule has 3 rings (SSSR count). The van der Waals surface area contributed by atoms with Gasteiger partial charge < -0.3 is 10.2 Å². The Hall–Kier alpha value is -1.88. The molecule has 1 amide bonds. The maximum atomic E-state index is 12.1. The Labute approximate surface area is 119 Å². The first-order valence-corrected chi connectivity index (χ1v) is 6.76. The van der Waals surface area contributed by atoms with Crippen LogP contribution in [0.25, 0.3) is 0 Å². The summed E-state index contributed by atoms with van der Waals surface area (Å²) in [4.78, 5) is 17.9. The lowest BCUT2D eigenvalue weighted by Gasteiger charge is -2.30. The summed E-state index contributed by atoms with van der Waals surface area (Å²) in [5.74, 6) is 0.0756. The van der Waals surface area contributed by atoms with Gasteiger partial charge in [0.15, 0.2) is 0 Å². The van der Waals surface area contributed by atoms with E-state index < -0.39 is 0 Å². The summed E-state index contributed by atoms with van der Waals surface area (Å²) in [5, 5.41) is 3.14. The predicted molar refractivity (Wildman–Crippen MR) is 78.1 cm³/mol. The molecule has 0 aliphatic carbocycles. The highest BCUT2D eigenvalue weighted by Crippen LogP contribution is 2.33. The molecule has 1 N–H and O–H groups in total. The van der Waals surface area contributed by atoms with E-state index in [2.05, 4.69) is 26.2 Å². The molecule has 0 atom stereocenters. The van der Waals surface area contributed by atoms with Crippen LogP contribution in [0.15, 0.2) is 47.2 Å². The smallest absolute Gasteiger partial charge is 0.246 e. The molecule has 2 aromatic rings. The van der Waals surface area contributed by atoms with Gasteiger partial charge in [0, 0.05) is 16.9 Å². The van der Waals surface area contributed by atoms with Crippen LogP contribution in [0.1, 0.15) is 5.56 Å². The summed E-state index contributed by atoms with van der Waals surface area (Å²) >= 11 is 3.44. The molecule has 2 heterocycles. The molecule has 0 saturated carbocycles. The normalized spacial score (nSPS) is 13.9. The first kappa shape index (κ1) is 12.2. The molecule has 4 nitrogen and oxygen atoms in total. The molecule has 0 saturated heterocycles. The lowest BCUT2D eigenvalue weighted by atomic mass is 10.1. The molecule has 0 unspecified atom stereocenters. The van der Waals surface area contributed by atoms with Gasteiger partial charge in [-0.1, -0.05) is 15.9 Å². The van der Waals surface area contributed by atoms with Gasteiger partial charge in [-0.25, -0.2) is 0 Å². The number of amides is 1. The average molecular weight is 318 g/mol. The molecule has 1 aromatic heterocycles. The van der Waals surface area contributed by atoms with E-state index in [-0.39, 0.29) is 5.91 Å². The lowest BCUT2D eigenvalue weighted by Crippen LogP contribution is -2.39. The quantitative estimate of drug-likeness (QED) is 0.926. The second kappa shape index (κ2) is 5.01. The largest absolute Gasteiger partial charge is 0.374 e. The van der Waals surface area contributed by atoms with Gasteiger partial charge in [0.1, 0.15) is 0 Å². The van der Waals surface area contributed by atoms with Gasteiger partial charge in [0.25, 0.3) is 0 Å². The zero-order chi connectivity index (χ0) is 13.2. The highest BCUT2D eigenvalue weighted by molar-refractivity contribution is 9.10. The van der Waals surface area contributed by atoms with Crippen LogP contribution in [0.4, 0.5) is 11.4 Å². The van der Waals surface area contributed by atoms with Crippen molar-refractivity contribution in [2.75, 3.05) is 16.8 Å². The Kier molecular flexibility index (Phi) is 3.21. The van der Waals surface area contributed by atoms with Crippen molar-refractivity contribution in [3.05, 3.63) is 52.8 Å². The number of nitrogens with one attached hydrogen (secondary N) is 1. The van der Waals surface area contributed by atoms with Crippen LogP contribution in [-0.4, -0.2) is 17.4 Å². The number of fused-ring (bicyclic) bond motifs is 1. The number of carbonyl (C=O) groups excluding carboxylic acids is 1. The van der Waals surface area contributed by atoms with Gasteiger partial charge in [-0.15, -0.1) is 0 Å². The number of aromatic nitrogens is 1. The van der Waals surface area contributed by atoms with E-state index in [1.165, 1.54) is 0 Å². The zero-order valence-corrected chi connectivity index (χ0v) is 11.7. The number of hydrogen-bond acceptors (Lipinski definition) is 3. The van der Waals surface area contributed by atoms with Gasteiger partial charge in [0.05, 0.1) is 24.5 Å². The topological polar surface area (TPSA) is 45.2 Å². The molecule has 19 heavy (non-hydrogen) atoms. The average Bonchev–Trinajstić information content (AvgIpc) is 2.43. The van der Waals surface area contributed by atoms with E-state index in [4.69, 9.17) is 0 Å². The van der Waals surface area contributed by atoms with Crippen LogP contribution >= 0.6 is 15.9 Å². The lowest BCUT2D eigenvalue weighted by molar-refractivity contribution is -0.117. The van der Waals surface area contributed by atoms with Gasteiger partial charge in [-0.2, -0.15) is 0 Å². The molecule has 1 aromatic carbocycles. The minimum Gasteiger partial charge on any atom is -0.374 e. The highest BCUT2D eigenvalue weighted by Gasteiger charge is 2.23. The SMILES string of the molecule is O=C1CNc2cc(Br)ccc2N1Cc1ccncc1. The molecule has 1 aliphatic heterocycles. The summed E-state index contributed by atoms with van der Waals surface area (Å²) in [5.41, 5.74) is 2.96. The van der Waals surface area contributed by atoms with Crippen LogP contribution < -0.4 is 10.2 Å². The van der Waals surface area contributed by atoms with Gasteiger partial charge >= 0.3 is 0 Å². The molecule has 0 radical (unpaired) electrons. The molecule has 1 aliphatic rings. The third kappa shape index (κ3) is 2.46. The Morgan fingerprint density at radius 1 is 1.26 bits per heavy atom. The summed E-state index contributed by atoms with van der Waals surface area (Å²) in [6, 6.07) is 9.73. The van der Waals surface area contributed by atoms with Crippen molar-refractivity contribution < 1.29 is 4.79 Å². The second-order valence-corrected chi connectivity index (χ2v) is 5.27. The minimum atomic E-state index is 0.0756. The van der Waals surface area contributed by atoms with E-state index in [1.54, 1.807) is 17.3 Å². The van der Waals surface area contributed by atoms with Crippen LogP contribution in [-0.2, 0) is 11.3 Å². The third-order valence-electron chi connectivity index (χ3n) is 3.07. The molecule has 96 valence electrons. The molecule has 0 fully saturated rings.